The molecule has 0 bridgehead atoms. The zero-order valence-corrected chi connectivity index (χ0v) is 13.4. The van der Waals surface area contributed by atoms with Crippen LogP contribution in [0.1, 0.15) is 0 Å². The number of carbonyl (C=O) groups excluding carboxylic acids is 1. The Kier molecular flexibility index (Phi) is 4.78. The third kappa shape index (κ3) is 4.03. The molecule has 1 aliphatic heterocycles. The van der Waals surface area contributed by atoms with E-state index in [4.69, 9.17) is 0 Å². The van der Waals surface area contributed by atoms with Crippen molar-refractivity contribution in [2.24, 2.45) is 0 Å². The van der Waals surface area contributed by atoms with E-state index in [1.165, 1.54) is 30.3 Å². The van der Waals surface area contributed by atoms with E-state index in [1.807, 2.05) is 0 Å². The second-order valence-corrected chi connectivity index (χ2v) is 5.69. The van der Waals surface area contributed by atoms with Gasteiger partial charge in [0.25, 0.3) is 5.69 Å². The number of nitrogens with one attached hydrogen (secondary N) is 1. The van der Waals surface area contributed by atoms with Gasteiger partial charge in [-0.15, -0.1) is 0 Å². The molecule has 2 aromatic carbocycles. The Labute approximate surface area is 143 Å². The maximum absolute atomic E-state index is 13.0. The first-order chi connectivity index (χ1) is 12.0. The van der Waals surface area contributed by atoms with Gasteiger partial charge in [-0.2, -0.15) is 0 Å². The fourth-order valence-electron chi connectivity index (χ4n) is 2.72. The Morgan fingerprint density at radius 1 is 1.08 bits per heavy atom. The average Bonchev–Trinajstić information content (AvgIpc) is 2.63. The molecule has 7 nitrogen and oxygen atoms in total. The molecule has 130 valence electrons. The number of urea groups is 1. The van der Waals surface area contributed by atoms with E-state index in [1.54, 1.807) is 23.1 Å². The van der Waals surface area contributed by atoms with Crippen molar-refractivity contribution in [3.05, 3.63) is 64.5 Å². The van der Waals surface area contributed by atoms with Gasteiger partial charge in [-0.05, 0) is 30.3 Å². The van der Waals surface area contributed by atoms with Gasteiger partial charge >= 0.3 is 6.03 Å². The van der Waals surface area contributed by atoms with E-state index in [-0.39, 0.29) is 17.5 Å². The first-order valence-corrected chi connectivity index (χ1v) is 7.84. The van der Waals surface area contributed by atoms with Crippen LogP contribution >= 0.6 is 0 Å². The van der Waals surface area contributed by atoms with Crippen molar-refractivity contribution in [3.8, 4) is 0 Å². The highest BCUT2D eigenvalue weighted by molar-refractivity contribution is 5.89. The van der Waals surface area contributed by atoms with Crippen molar-refractivity contribution in [1.29, 1.82) is 0 Å². The molecule has 3 rings (SSSR count). The van der Waals surface area contributed by atoms with E-state index in [0.29, 0.717) is 31.9 Å². The van der Waals surface area contributed by atoms with Crippen LogP contribution in [0.5, 0.6) is 0 Å². The molecule has 0 aromatic heterocycles. The fraction of sp³-hybridized carbons (Fsp3) is 0.235. The summed E-state index contributed by atoms with van der Waals surface area (Å²) in [6.45, 7) is 2.29. The van der Waals surface area contributed by atoms with E-state index >= 15 is 0 Å². The highest BCUT2D eigenvalue weighted by atomic mass is 19.1. The highest BCUT2D eigenvalue weighted by Crippen LogP contribution is 2.19. The molecule has 25 heavy (non-hydrogen) atoms. The predicted molar refractivity (Wildman–Crippen MR) is 92.3 cm³/mol. The van der Waals surface area contributed by atoms with Crippen molar-refractivity contribution in [3.63, 3.8) is 0 Å². The number of amides is 2. The van der Waals surface area contributed by atoms with Crippen LogP contribution in [0.2, 0.25) is 0 Å². The number of non-ortho nitro benzene ring substituents is 1. The number of hydrogen-bond donors (Lipinski definition) is 1. The zero-order chi connectivity index (χ0) is 17.8. The monoisotopic (exact) mass is 344 g/mol. The van der Waals surface area contributed by atoms with Gasteiger partial charge in [0.2, 0.25) is 0 Å². The Morgan fingerprint density at radius 3 is 2.40 bits per heavy atom. The Hall–Kier alpha value is -3.16. The SMILES string of the molecule is O=C(Nc1cccc([N+](=O)[O-])c1)N1CCN(c2ccc(F)cc2)CC1. The molecule has 0 radical (unpaired) electrons. The summed E-state index contributed by atoms with van der Waals surface area (Å²) in [6, 6.07) is 11.8. The third-order valence-electron chi connectivity index (χ3n) is 4.07. The summed E-state index contributed by atoms with van der Waals surface area (Å²) < 4.78 is 13.0. The van der Waals surface area contributed by atoms with Gasteiger partial charge in [-0.25, -0.2) is 9.18 Å². The normalized spacial score (nSPS) is 14.3. The number of halogens is 1. The lowest BCUT2D eigenvalue weighted by Gasteiger charge is -2.36. The molecule has 1 aliphatic rings. The molecular weight excluding hydrogens is 327 g/mol. The quantitative estimate of drug-likeness (QED) is 0.685. The summed E-state index contributed by atoms with van der Waals surface area (Å²) in [5, 5.41) is 13.5. The zero-order valence-electron chi connectivity index (χ0n) is 13.4. The minimum absolute atomic E-state index is 0.0704. The fourth-order valence-corrected chi connectivity index (χ4v) is 2.72. The summed E-state index contributed by atoms with van der Waals surface area (Å²) in [7, 11) is 0. The number of benzene rings is 2. The lowest BCUT2D eigenvalue weighted by molar-refractivity contribution is -0.384. The van der Waals surface area contributed by atoms with Crippen molar-refractivity contribution in [2.45, 2.75) is 0 Å². The maximum atomic E-state index is 13.0. The molecule has 0 saturated carbocycles. The Balaban J connectivity index is 1.57. The van der Waals surface area contributed by atoms with Crippen LogP contribution in [0.4, 0.5) is 26.2 Å². The molecule has 2 amide bonds. The van der Waals surface area contributed by atoms with Gasteiger partial charge in [0.1, 0.15) is 5.82 Å². The van der Waals surface area contributed by atoms with Gasteiger partial charge in [0.05, 0.1) is 4.92 Å². The topological polar surface area (TPSA) is 78.7 Å². The van der Waals surface area contributed by atoms with E-state index in [9.17, 15) is 19.3 Å². The van der Waals surface area contributed by atoms with Crippen LogP contribution in [0.15, 0.2) is 48.5 Å². The smallest absolute Gasteiger partial charge is 0.321 e. The van der Waals surface area contributed by atoms with Crippen molar-refractivity contribution in [2.75, 3.05) is 36.4 Å². The summed E-state index contributed by atoms with van der Waals surface area (Å²) in [5.41, 5.74) is 1.24. The minimum Gasteiger partial charge on any atom is -0.368 e. The Bertz CT molecular complexity index is 774. The number of nitrogens with zero attached hydrogens (tertiary/aromatic N) is 3. The largest absolute Gasteiger partial charge is 0.368 e. The van der Waals surface area contributed by atoms with Crippen molar-refractivity contribution in [1.82, 2.24) is 4.90 Å². The highest BCUT2D eigenvalue weighted by Gasteiger charge is 2.21. The molecule has 2 aromatic rings. The van der Waals surface area contributed by atoms with Gasteiger partial charge in [0.15, 0.2) is 0 Å². The van der Waals surface area contributed by atoms with E-state index in [2.05, 4.69) is 10.2 Å². The molecule has 0 unspecified atom stereocenters. The number of nitro benzene ring substituents is 1. The minimum atomic E-state index is -0.503. The van der Waals surface area contributed by atoms with Gasteiger partial charge in [-0.1, -0.05) is 6.07 Å². The number of piperazine rings is 1. The summed E-state index contributed by atoms with van der Waals surface area (Å²) in [5.74, 6) is -0.279. The number of carbonyl (C=O) groups is 1. The van der Waals surface area contributed by atoms with Crippen LogP contribution < -0.4 is 10.2 Å². The number of hydrogen-bond acceptors (Lipinski definition) is 4. The standard InChI is InChI=1S/C17H17FN4O3/c18-13-4-6-15(7-5-13)20-8-10-21(11-9-20)17(23)19-14-2-1-3-16(12-14)22(24)25/h1-7,12H,8-11H2,(H,19,23). The Morgan fingerprint density at radius 2 is 1.76 bits per heavy atom. The molecule has 0 spiro atoms. The lowest BCUT2D eigenvalue weighted by atomic mass is 10.2. The third-order valence-corrected chi connectivity index (χ3v) is 4.07. The van der Waals surface area contributed by atoms with Crippen LogP contribution in [-0.2, 0) is 0 Å². The molecule has 1 saturated heterocycles. The van der Waals surface area contributed by atoms with E-state index < -0.39 is 4.92 Å². The lowest BCUT2D eigenvalue weighted by Crippen LogP contribution is -2.50. The second-order valence-electron chi connectivity index (χ2n) is 5.69. The number of anilines is 2. The van der Waals surface area contributed by atoms with Gasteiger partial charge in [-0.3, -0.25) is 10.1 Å². The van der Waals surface area contributed by atoms with Crippen LogP contribution in [0.3, 0.4) is 0 Å². The molecule has 8 heteroatoms. The van der Waals surface area contributed by atoms with Gasteiger partial charge < -0.3 is 15.1 Å². The van der Waals surface area contributed by atoms with Gasteiger partial charge in [0, 0.05) is 49.7 Å². The summed E-state index contributed by atoms with van der Waals surface area (Å²) in [6.07, 6.45) is 0. The number of rotatable bonds is 3. The molecule has 1 fully saturated rings. The molecule has 0 atom stereocenters. The first-order valence-electron chi connectivity index (χ1n) is 7.84. The van der Waals surface area contributed by atoms with Crippen LogP contribution in [-0.4, -0.2) is 42.0 Å². The molecular formula is C17H17FN4O3. The first kappa shape index (κ1) is 16.7. The molecule has 1 N–H and O–H groups in total. The van der Waals surface area contributed by atoms with Crippen LogP contribution in [0, 0.1) is 15.9 Å². The number of nitro groups is 1. The van der Waals surface area contributed by atoms with E-state index in [0.717, 1.165) is 5.69 Å². The van der Waals surface area contributed by atoms with Crippen molar-refractivity contribution >= 4 is 23.1 Å². The van der Waals surface area contributed by atoms with Crippen LogP contribution in [0.25, 0.3) is 0 Å². The van der Waals surface area contributed by atoms with Crippen molar-refractivity contribution < 1.29 is 14.1 Å². The summed E-state index contributed by atoms with van der Waals surface area (Å²) >= 11 is 0. The molecule has 1 heterocycles. The second kappa shape index (κ2) is 7.16. The molecule has 0 aliphatic carbocycles. The average molecular weight is 344 g/mol. The maximum Gasteiger partial charge on any atom is 0.321 e. The predicted octanol–water partition coefficient (Wildman–Crippen LogP) is 3.09. The summed E-state index contributed by atoms with van der Waals surface area (Å²) in [4.78, 5) is 26.3.